The van der Waals surface area contributed by atoms with Gasteiger partial charge in [0, 0.05) is 12.4 Å². The van der Waals surface area contributed by atoms with Crippen LogP contribution in [0, 0.1) is 0 Å². The summed E-state index contributed by atoms with van der Waals surface area (Å²) < 4.78 is 7.32. The number of carbonyl (C=O) groups excluding carboxylic acids is 1. The van der Waals surface area contributed by atoms with Gasteiger partial charge in [-0.1, -0.05) is 48.5 Å². The number of amides is 1. The van der Waals surface area contributed by atoms with Gasteiger partial charge in [-0.05, 0) is 35.9 Å². The van der Waals surface area contributed by atoms with E-state index in [-0.39, 0.29) is 11.6 Å². The Morgan fingerprint density at radius 2 is 1.75 bits per heavy atom. The second kappa shape index (κ2) is 7.15. The summed E-state index contributed by atoms with van der Waals surface area (Å²) in [5.74, 6) is 0.0177. The second-order valence-electron chi connectivity index (χ2n) is 6.56. The van der Waals surface area contributed by atoms with Gasteiger partial charge >= 0.3 is 5.91 Å². The molecule has 0 fully saturated rings. The van der Waals surface area contributed by atoms with Crippen LogP contribution in [0.1, 0.15) is 6.92 Å². The van der Waals surface area contributed by atoms with Gasteiger partial charge in [0.25, 0.3) is 0 Å². The van der Waals surface area contributed by atoms with E-state index in [1.54, 1.807) is 18.5 Å². The van der Waals surface area contributed by atoms with Crippen LogP contribution in [0.15, 0.2) is 77.0 Å². The van der Waals surface area contributed by atoms with Gasteiger partial charge in [-0.3, -0.25) is 4.79 Å². The Bertz CT molecular complexity index is 1210. The largest absolute Gasteiger partial charge is 0.493 e. The zero-order chi connectivity index (χ0) is 19.7. The molecule has 6 heteroatoms. The predicted octanol–water partition coefficient (Wildman–Crippen LogP) is 5.11. The number of azo groups is 1. The first-order chi connectivity index (χ1) is 13.5. The second-order valence-corrected chi connectivity index (χ2v) is 6.56. The van der Waals surface area contributed by atoms with Gasteiger partial charge in [-0.25, -0.2) is 0 Å². The van der Waals surface area contributed by atoms with E-state index in [0.29, 0.717) is 5.75 Å². The topological polar surface area (TPSA) is 76.2 Å². The third-order valence-corrected chi connectivity index (χ3v) is 4.68. The van der Waals surface area contributed by atoms with E-state index in [2.05, 4.69) is 10.2 Å². The highest BCUT2D eigenvalue weighted by Crippen LogP contribution is 2.37. The number of aryl methyl sites for hydroxylation is 1. The van der Waals surface area contributed by atoms with Crippen LogP contribution in [0.2, 0.25) is 0 Å². The van der Waals surface area contributed by atoms with Gasteiger partial charge in [0.2, 0.25) is 5.88 Å². The van der Waals surface area contributed by atoms with E-state index in [4.69, 9.17) is 4.74 Å². The normalized spacial score (nSPS) is 12.6. The zero-order valence-electron chi connectivity index (χ0n) is 15.5. The maximum atomic E-state index is 12.4. The monoisotopic (exact) mass is 373 g/mol. The molecule has 28 heavy (non-hydrogen) atoms. The number of ether oxygens (including phenoxy) is 1. The van der Waals surface area contributed by atoms with Crippen LogP contribution in [0.3, 0.4) is 0 Å². The van der Waals surface area contributed by atoms with Crippen LogP contribution in [0.25, 0.3) is 21.7 Å². The van der Waals surface area contributed by atoms with Gasteiger partial charge in [-0.2, -0.15) is 0 Å². The number of aromatic hydroxyl groups is 1. The lowest BCUT2D eigenvalue weighted by Crippen LogP contribution is -2.21. The highest BCUT2D eigenvalue weighted by molar-refractivity contribution is 5.95. The fourth-order valence-electron chi connectivity index (χ4n) is 3.13. The Morgan fingerprint density at radius 1 is 1.04 bits per heavy atom. The van der Waals surface area contributed by atoms with Crippen molar-refractivity contribution >= 4 is 33.3 Å². The quantitative estimate of drug-likeness (QED) is 0.505. The lowest BCUT2D eigenvalue weighted by molar-refractivity contribution is -0.124. The van der Waals surface area contributed by atoms with Crippen LogP contribution in [-0.2, 0) is 11.8 Å². The summed E-state index contributed by atoms with van der Waals surface area (Å²) in [4.78, 5) is 12.4. The van der Waals surface area contributed by atoms with E-state index in [0.717, 1.165) is 21.7 Å². The number of para-hydroxylation sites is 1. The van der Waals surface area contributed by atoms with E-state index in [9.17, 15) is 9.90 Å². The Labute approximate surface area is 161 Å². The maximum absolute atomic E-state index is 12.4. The number of hydrogen-bond donors (Lipinski definition) is 1. The van der Waals surface area contributed by atoms with Gasteiger partial charge < -0.3 is 14.4 Å². The van der Waals surface area contributed by atoms with Gasteiger partial charge in [0.1, 0.15) is 5.75 Å². The molecule has 1 heterocycles. The number of benzene rings is 3. The summed E-state index contributed by atoms with van der Waals surface area (Å²) in [7, 11) is 1.73. The minimum absolute atomic E-state index is 0.0409. The minimum Gasteiger partial charge on any atom is -0.493 e. The van der Waals surface area contributed by atoms with Crippen LogP contribution in [0.5, 0.6) is 11.6 Å². The lowest BCUT2D eigenvalue weighted by Gasteiger charge is -2.11. The summed E-state index contributed by atoms with van der Waals surface area (Å²) in [5, 5.41) is 20.9. The molecule has 6 nitrogen and oxygen atoms in total. The summed E-state index contributed by atoms with van der Waals surface area (Å²) in [5.41, 5.74) is 1.08. The molecule has 1 atom stereocenters. The van der Waals surface area contributed by atoms with E-state index in [1.807, 2.05) is 66.7 Å². The molecular formula is C22H19N3O3. The van der Waals surface area contributed by atoms with Crippen LogP contribution < -0.4 is 4.74 Å². The number of fused-ring (bicyclic) bond motifs is 2. The van der Waals surface area contributed by atoms with Gasteiger partial charge in [-0.15, -0.1) is 10.2 Å². The summed E-state index contributed by atoms with van der Waals surface area (Å²) >= 11 is 0. The summed E-state index contributed by atoms with van der Waals surface area (Å²) in [6.07, 6.45) is -0.804. The van der Waals surface area contributed by atoms with Gasteiger partial charge in [0.15, 0.2) is 11.8 Å². The average molecular weight is 373 g/mol. The number of aromatic nitrogens is 1. The first-order valence-electron chi connectivity index (χ1n) is 8.92. The highest BCUT2D eigenvalue weighted by Gasteiger charge is 2.17. The first kappa shape index (κ1) is 17.7. The first-order valence-corrected chi connectivity index (χ1v) is 8.92. The van der Waals surface area contributed by atoms with Crippen molar-refractivity contribution in [2.45, 2.75) is 13.0 Å². The third-order valence-electron chi connectivity index (χ3n) is 4.68. The smallest absolute Gasteiger partial charge is 0.304 e. The van der Waals surface area contributed by atoms with Crippen molar-refractivity contribution in [3.63, 3.8) is 0 Å². The SMILES string of the molecule is CC(Oc1ccc2ccccc2c1)C(=O)N=Nc1c(O)n(C)c2ccccc12. The molecule has 1 unspecified atom stereocenters. The average Bonchev–Trinajstić information content (AvgIpc) is 2.96. The van der Waals surface area contributed by atoms with E-state index in [1.165, 1.54) is 0 Å². The number of hydrogen-bond acceptors (Lipinski definition) is 4. The van der Waals surface area contributed by atoms with Crippen LogP contribution in [-0.4, -0.2) is 21.7 Å². The lowest BCUT2D eigenvalue weighted by atomic mass is 10.1. The van der Waals surface area contributed by atoms with Crippen molar-refractivity contribution in [1.82, 2.24) is 4.57 Å². The molecule has 1 aromatic heterocycles. The minimum atomic E-state index is -0.804. The Morgan fingerprint density at radius 3 is 2.57 bits per heavy atom. The molecule has 0 spiro atoms. The van der Waals surface area contributed by atoms with Crippen LogP contribution >= 0.6 is 0 Å². The molecule has 4 aromatic rings. The third kappa shape index (κ3) is 3.20. The Hall–Kier alpha value is -3.67. The molecule has 3 aromatic carbocycles. The molecule has 1 N–H and O–H groups in total. The molecule has 0 saturated carbocycles. The number of nitrogens with zero attached hydrogens (tertiary/aromatic N) is 3. The Kier molecular flexibility index (Phi) is 4.53. The molecule has 0 saturated heterocycles. The fraction of sp³-hybridized carbons (Fsp3) is 0.136. The number of carbonyl (C=O) groups is 1. The zero-order valence-corrected chi connectivity index (χ0v) is 15.5. The Balaban J connectivity index is 1.54. The standard InChI is InChI=1S/C22H19N3O3/c1-14(28-17-12-11-15-7-3-4-8-16(15)13-17)21(26)24-23-20-18-9-5-6-10-19(18)25(2)22(20)27/h3-14,27H,1-2H3. The molecule has 4 rings (SSSR count). The van der Waals surface area contributed by atoms with Crippen molar-refractivity contribution < 1.29 is 14.6 Å². The van der Waals surface area contributed by atoms with E-state index >= 15 is 0 Å². The molecule has 0 aliphatic rings. The summed E-state index contributed by atoms with van der Waals surface area (Å²) in [6, 6.07) is 21.0. The fourth-order valence-corrected chi connectivity index (χ4v) is 3.13. The molecule has 0 radical (unpaired) electrons. The highest BCUT2D eigenvalue weighted by atomic mass is 16.5. The molecule has 0 bridgehead atoms. The predicted molar refractivity (Wildman–Crippen MR) is 108 cm³/mol. The summed E-state index contributed by atoms with van der Waals surface area (Å²) in [6.45, 7) is 1.62. The molecule has 0 aliphatic heterocycles. The van der Waals surface area contributed by atoms with Crippen molar-refractivity contribution in [2.24, 2.45) is 17.3 Å². The van der Waals surface area contributed by atoms with Crippen molar-refractivity contribution in [3.8, 4) is 11.6 Å². The van der Waals surface area contributed by atoms with Crippen LogP contribution in [0.4, 0.5) is 5.69 Å². The maximum Gasteiger partial charge on any atom is 0.304 e. The van der Waals surface area contributed by atoms with Gasteiger partial charge in [0.05, 0.1) is 5.52 Å². The number of rotatable bonds is 4. The van der Waals surface area contributed by atoms with Crippen molar-refractivity contribution in [2.75, 3.05) is 0 Å². The molecule has 1 amide bonds. The molecular weight excluding hydrogens is 354 g/mol. The van der Waals surface area contributed by atoms with Crippen molar-refractivity contribution in [1.29, 1.82) is 0 Å². The van der Waals surface area contributed by atoms with Crippen molar-refractivity contribution in [3.05, 3.63) is 66.7 Å². The van der Waals surface area contributed by atoms with E-state index < -0.39 is 12.0 Å². The molecule has 0 aliphatic carbocycles. The molecule has 140 valence electrons.